The highest BCUT2D eigenvalue weighted by molar-refractivity contribution is 5.76. The number of aliphatic hydroxyl groups is 1. The Morgan fingerprint density at radius 1 is 1.33 bits per heavy atom. The van der Waals surface area contributed by atoms with Crippen molar-refractivity contribution in [3.05, 3.63) is 48.2 Å². The number of hydrogen-bond acceptors (Lipinski definition) is 6. The lowest BCUT2D eigenvalue weighted by molar-refractivity contribution is -0.158. The minimum Gasteiger partial charge on any atom is -0.481 e. The molecule has 0 saturated carbocycles. The summed E-state index contributed by atoms with van der Waals surface area (Å²) in [6.45, 7) is 0.669. The number of hydrogen-bond donors (Lipinski definition) is 3. The second kappa shape index (κ2) is 6.45. The molecule has 1 aromatic heterocycles. The van der Waals surface area contributed by atoms with Gasteiger partial charge in [0.05, 0.1) is 6.10 Å². The quantitative estimate of drug-likeness (QED) is 0.765. The van der Waals surface area contributed by atoms with Crippen LogP contribution in [-0.4, -0.2) is 45.3 Å². The normalized spacial score (nSPS) is 23.9. The molecular weight excluding hydrogens is 308 g/mol. The van der Waals surface area contributed by atoms with Crippen molar-refractivity contribution < 1.29 is 15.0 Å². The molecule has 7 heteroatoms. The van der Waals surface area contributed by atoms with E-state index in [4.69, 9.17) is 5.73 Å². The highest BCUT2D eigenvalue weighted by Gasteiger charge is 2.48. The van der Waals surface area contributed by atoms with Crippen LogP contribution in [-0.2, 0) is 11.2 Å². The Balaban J connectivity index is 1.82. The second-order valence-corrected chi connectivity index (χ2v) is 6.11. The minimum atomic E-state index is -1.20. The number of carbonyl (C=O) groups is 1. The fourth-order valence-electron chi connectivity index (χ4n) is 3.22. The Morgan fingerprint density at radius 2 is 2.08 bits per heavy atom. The Morgan fingerprint density at radius 3 is 2.71 bits per heavy atom. The lowest BCUT2D eigenvalue weighted by Gasteiger charge is -2.43. The molecule has 0 spiro atoms. The van der Waals surface area contributed by atoms with Crippen LogP contribution in [0.5, 0.6) is 0 Å². The summed E-state index contributed by atoms with van der Waals surface area (Å²) >= 11 is 0. The number of nitrogens with two attached hydrogens (primary N) is 1. The van der Waals surface area contributed by atoms with Crippen LogP contribution in [0.1, 0.15) is 12.0 Å². The van der Waals surface area contributed by atoms with E-state index in [1.54, 1.807) is 12.3 Å². The third-order valence-electron chi connectivity index (χ3n) is 4.63. The number of nitrogen functional groups attached to an aromatic ring is 1. The monoisotopic (exact) mass is 328 g/mol. The smallest absolute Gasteiger partial charge is 0.312 e. The molecule has 0 unspecified atom stereocenters. The summed E-state index contributed by atoms with van der Waals surface area (Å²) in [4.78, 5) is 21.8. The Hall–Kier alpha value is -2.67. The number of piperidine rings is 1. The van der Waals surface area contributed by atoms with Gasteiger partial charge >= 0.3 is 5.97 Å². The van der Waals surface area contributed by atoms with Crippen LogP contribution in [0.2, 0.25) is 0 Å². The first kappa shape index (κ1) is 16.2. The third kappa shape index (κ3) is 3.03. The van der Waals surface area contributed by atoms with Crippen molar-refractivity contribution >= 4 is 17.7 Å². The molecule has 24 heavy (non-hydrogen) atoms. The Kier molecular flexibility index (Phi) is 4.35. The van der Waals surface area contributed by atoms with Gasteiger partial charge in [0.25, 0.3) is 0 Å². The molecule has 1 aromatic carbocycles. The fourth-order valence-corrected chi connectivity index (χ4v) is 3.22. The first-order valence-electron chi connectivity index (χ1n) is 7.80. The zero-order valence-electron chi connectivity index (χ0n) is 13.2. The molecule has 2 heterocycles. The zero-order valence-corrected chi connectivity index (χ0v) is 13.2. The maximum absolute atomic E-state index is 12.0. The van der Waals surface area contributed by atoms with Crippen molar-refractivity contribution in [3.63, 3.8) is 0 Å². The van der Waals surface area contributed by atoms with Gasteiger partial charge in [-0.2, -0.15) is 4.98 Å². The van der Waals surface area contributed by atoms with E-state index in [0.29, 0.717) is 25.2 Å². The molecule has 0 amide bonds. The molecule has 126 valence electrons. The van der Waals surface area contributed by atoms with E-state index in [1.165, 1.54) is 0 Å². The van der Waals surface area contributed by atoms with Crippen LogP contribution < -0.4 is 10.6 Å². The largest absolute Gasteiger partial charge is 0.481 e. The van der Waals surface area contributed by atoms with Crippen LogP contribution in [0.3, 0.4) is 0 Å². The highest BCUT2D eigenvalue weighted by atomic mass is 16.4. The average Bonchev–Trinajstić information content (AvgIpc) is 2.57. The predicted molar refractivity (Wildman–Crippen MR) is 89.5 cm³/mol. The number of aliphatic hydroxyl groups excluding tert-OH is 1. The van der Waals surface area contributed by atoms with Crippen molar-refractivity contribution in [3.8, 4) is 0 Å². The van der Waals surface area contributed by atoms with Crippen LogP contribution in [0.4, 0.5) is 11.8 Å². The number of anilines is 2. The van der Waals surface area contributed by atoms with E-state index in [9.17, 15) is 15.0 Å². The SMILES string of the molecule is Nc1nccc(N2CC[C@](Cc3ccccc3)(C(=O)O)[C@H](O)C2)n1. The maximum atomic E-state index is 12.0. The predicted octanol–water partition coefficient (Wildman–Crippen LogP) is 0.943. The number of carboxylic acid groups (broad SMARTS) is 1. The van der Waals surface area contributed by atoms with Crippen LogP contribution in [0.15, 0.2) is 42.6 Å². The van der Waals surface area contributed by atoms with Crippen molar-refractivity contribution in [2.45, 2.75) is 18.9 Å². The molecule has 2 aromatic rings. The molecule has 1 saturated heterocycles. The van der Waals surface area contributed by atoms with Gasteiger partial charge < -0.3 is 20.8 Å². The van der Waals surface area contributed by atoms with E-state index in [2.05, 4.69) is 9.97 Å². The zero-order chi connectivity index (χ0) is 17.2. The van der Waals surface area contributed by atoms with Crippen molar-refractivity contribution in [2.75, 3.05) is 23.7 Å². The number of aliphatic carboxylic acids is 1. The number of nitrogens with zero attached hydrogens (tertiary/aromatic N) is 3. The fraction of sp³-hybridized carbons (Fsp3) is 0.353. The van der Waals surface area contributed by atoms with Crippen LogP contribution >= 0.6 is 0 Å². The van der Waals surface area contributed by atoms with Crippen molar-refractivity contribution in [2.24, 2.45) is 5.41 Å². The van der Waals surface area contributed by atoms with E-state index in [1.807, 2.05) is 35.2 Å². The number of β-amino-alcohol motifs (C(OH)–C–C–N with tert-alkyl or cyclic N) is 1. The first-order valence-corrected chi connectivity index (χ1v) is 7.80. The van der Waals surface area contributed by atoms with Gasteiger partial charge in [-0.25, -0.2) is 4.98 Å². The summed E-state index contributed by atoms with van der Waals surface area (Å²) in [5, 5.41) is 20.5. The van der Waals surface area contributed by atoms with E-state index < -0.39 is 17.5 Å². The Labute approximate surface area is 139 Å². The van der Waals surface area contributed by atoms with Crippen molar-refractivity contribution in [1.29, 1.82) is 0 Å². The molecule has 0 aliphatic carbocycles. The van der Waals surface area contributed by atoms with Gasteiger partial charge in [0.15, 0.2) is 0 Å². The van der Waals surface area contributed by atoms with Gasteiger partial charge in [-0.15, -0.1) is 0 Å². The maximum Gasteiger partial charge on any atom is 0.312 e. The van der Waals surface area contributed by atoms with Gasteiger partial charge in [0.1, 0.15) is 11.2 Å². The molecular formula is C17H20N4O3. The van der Waals surface area contributed by atoms with Gasteiger partial charge in [0.2, 0.25) is 5.95 Å². The van der Waals surface area contributed by atoms with Crippen LogP contribution in [0.25, 0.3) is 0 Å². The summed E-state index contributed by atoms with van der Waals surface area (Å²) in [6, 6.07) is 11.1. The third-order valence-corrected chi connectivity index (χ3v) is 4.63. The van der Waals surface area contributed by atoms with Gasteiger partial charge in [-0.05, 0) is 24.5 Å². The van der Waals surface area contributed by atoms with Crippen LogP contribution in [0, 0.1) is 5.41 Å². The summed E-state index contributed by atoms with van der Waals surface area (Å²) in [7, 11) is 0. The molecule has 1 aliphatic rings. The number of benzene rings is 1. The summed E-state index contributed by atoms with van der Waals surface area (Å²) in [5.41, 5.74) is 5.30. The number of aromatic nitrogens is 2. The van der Waals surface area contributed by atoms with E-state index >= 15 is 0 Å². The molecule has 3 rings (SSSR count). The molecule has 0 bridgehead atoms. The molecule has 7 nitrogen and oxygen atoms in total. The molecule has 2 atom stereocenters. The molecule has 1 fully saturated rings. The van der Waals surface area contributed by atoms with Gasteiger partial charge in [-0.1, -0.05) is 30.3 Å². The first-order chi connectivity index (χ1) is 11.5. The van der Waals surface area contributed by atoms with E-state index in [-0.39, 0.29) is 12.5 Å². The summed E-state index contributed by atoms with van der Waals surface area (Å²) in [6.07, 6.45) is 1.15. The standard InChI is InChI=1S/C17H20N4O3/c18-16-19-8-6-14(20-16)21-9-7-17(15(23)24,13(22)11-21)10-12-4-2-1-3-5-12/h1-6,8,13,22H,7,9-11H2,(H,23,24)(H2,18,19,20)/t13-,17-/m1/s1. The second-order valence-electron chi connectivity index (χ2n) is 6.11. The summed E-state index contributed by atoms with van der Waals surface area (Å²) < 4.78 is 0. The summed E-state index contributed by atoms with van der Waals surface area (Å²) in [5.74, 6) is -0.220. The van der Waals surface area contributed by atoms with Crippen molar-refractivity contribution in [1.82, 2.24) is 9.97 Å². The molecule has 0 radical (unpaired) electrons. The lowest BCUT2D eigenvalue weighted by Crippen LogP contribution is -2.56. The van der Waals surface area contributed by atoms with Gasteiger partial charge in [-0.3, -0.25) is 4.79 Å². The Bertz CT molecular complexity index is 725. The highest BCUT2D eigenvalue weighted by Crippen LogP contribution is 2.37. The minimum absolute atomic E-state index is 0.154. The van der Waals surface area contributed by atoms with E-state index in [0.717, 1.165) is 5.56 Å². The average molecular weight is 328 g/mol. The van der Waals surface area contributed by atoms with Gasteiger partial charge in [0, 0.05) is 19.3 Å². The molecule has 4 N–H and O–H groups in total. The topological polar surface area (TPSA) is 113 Å². The molecule has 1 aliphatic heterocycles. The number of rotatable bonds is 4. The lowest BCUT2D eigenvalue weighted by atomic mass is 9.71. The number of carboxylic acids is 1.